The van der Waals surface area contributed by atoms with Gasteiger partial charge in [0.05, 0.1) is 18.6 Å². The zero-order valence-electron chi connectivity index (χ0n) is 29.1. The first kappa shape index (κ1) is 37.1. The van der Waals surface area contributed by atoms with Gasteiger partial charge in [-0.25, -0.2) is 4.79 Å². The summed E-state index contributed by atoms with van der Waals surface area (Å²) in [6.45, 7) is 10.4. The zero-order chi connectivity index (χ0) is 35.6. The van der Waals surface area contributed by atoms with Crippen molar-refractivity contribution in [2.45, 2.75) is 91.3 Å². The van der Waals surface area contributed by atoms with Gasteiger partial charge in [-0.05, 0) is 40.0 Å². The van der Waals surface area contributed by atoms with Crippen LogP contribution in [0.3, 0.4) is 0 Å². The summed E-state index contributed by atoms with van der Waals surface area (Å²) < 4.78 is 5.35. The highest BCUT2D eigenvalue weighted by Gasteiger charge is 2.37. The van der Waals surface area contributed by atoms with Gasteiger partial charge in [-0.2, -0.15) is 0 Å². The van der Waals surface area contributed by atoms with Crippen molar-refractivity contribution in [3.63, 3.8) is 0 Å². The van der Waals surface area contributed by atoms with Crippen LogP contribution in [0.5, 0.6) is 0 Å². The Labute approximate surface area is 289 Å². The number of aliphatic hydroxyl groups is 1. The molecule has 0 unspecified atom stereocenters. The fourth-order valence-electron chi connectivity index (χ4n) is 5.78. The van der Waals surface area contributed by atoms with Gasteiger partial charge in [0, 0.05) is 19.5 Å². The Morgan fingerprint density at radius 1 is 0.857 bits per heavy atom. The van der Waals surface area contributed by atoms with Crippen molar-refractivity contribution in [1.29, 1.82) is 0 Å². The van der Waals surface area contributed by atoms with E-state index >= 15 is 0 Å². The van der Waals surface area contributed by atoms with Gasteiger partial charge in [-0.1, -0.05) is 120 Å². The van der Waals surface area contributed by atoms with E-state index in [4.69, 9.17) is 4.74 Å². The molecule has 4 rings (SSSR count). The standard InChI is InChI=1S/C39H50N4O6/c1-26(2)35(42-38(48)49-24-28-16-10-7-11-17-28)37(47)41-31(20-27-14-8-6-9-15-27)33(44)22-34(45)43-23-30-19-13-12-18-29(30)21-32(43)36(46)40-25-39(3,4)5/h6-19,26,31-33,35,44H,20-25H2,1-5H3,(H,40,46)(H,41,47)(H,42,48)/t31-,32+,33-,35-/m0/s1. The molecule has 0 saturated heterocycles. The van der Waals surface area contributed by atoms with Gasteiger partial charge in [0.15, 0.2) is 0 Å². The summed E-state index contributed by atoms with van der Waals surface area (Å²) in [7, 11) is 0. The molecule has 49 heavy (non-hydrogen) atoms. The van der Waals surface area contributed by atoms with Crippen molar-refractivity contribution in [2.75, 3.05) is 6.54 Å². The van der Waals surface area contributed by atoms with Crippen LogP contribution in [-0.2, 0) is 45.1 Å². The van der Waals surface area contributed by atoms with Crippen LogP contribution >= 0.6 is 0 Å². The van der Waals surface area contributed by atoms with Gasteiger partial charge < -0.3 is 30.7 Å². The van der Waals surface area contributed by atoms with E-state index < -0.39 is 42.1 Å². The topological polar surface area (TPSA) is 137 Å². The highest BCUT2D eigenvalue weighted by Crippen LogP contribution is 2.25. The van der Waals surface area contributed by atoms with Gasteiger partial charge in [-0.15, -0.1) is 0 Å². The smallest absolute Gasteiger partial charge is 0.408 e. The maximum absolute atomic E-state index is 14.0. The molecule has 262 valence electrons. The van der Waals surface area contributed by atoms with Gasteiger partial charge in [0.25, 0.3) is 0 Å². The predicted octanol–water partition coefficient (Wildman–Crippen LogP) is 4.53. The Balaban J connectivity index is 1.49. The van der Waals surface area contributed by atoms with Crippen molar-refractivity contribution < 1.29 is 29.0 Å². The number of hydrogen-bond donors (Lipinski definition) is 4. The third-order valence-electron chi connectivity index (χ3n) is 8.57. The summed E-state index contributed by atoms with van der Waals surface area (Å²) in [6.07, 6.45) is -1.75. The van der Waals surface area contributed by atoms with Crippen LogP contribution in [0.25, 0.3) is 0 Å². The number of ether oxygens (including phenoxy) is 1. The first-order valence-electron chi connectivity index (χ1n) is 16.9. The molecule has 0 saturated carbocycles. The van der Waals surface area contributed by atoms with E-state index in [1.807, 2.05) is 106 Å². The Morgan fingerprint density at radius 3 is 2.06 bits per heavy atom. The van der Waals surface area contributed by atoms with Crippen molar-refractivity contribution in [3.05, 3.63) is 107 Å². The number of carbonyl (C=O) groups is 4. The van der Waals surface area contributed by atoms with Crippen LogP contribution < -0.4 is 16.0 Å². The number of alkyl carbamates (subject to hydrolysis) is 1. The van der Waals surface area contributed by atoms with Crippen LogP contribution in [0.15, 0.2) is 84.9 Å². The van der Waals surface area contributed by atoms with Crippen LogP contribution in [0, 0.1) is 11.3 Å². The Hall–Kier alpha value is -4.70. The van der Waals surface area contributed by atoms with E-state index in [1.54, 1.807) is 13.8 Å². The normalized spacial score (nSPS) is 16.1. The quantitative estimate of drug-likeness (QED) is 0.211. The van der Waals surface area contributed by atoms with Gasteiger partial charge in [0.2, 0.25) is 17.7 Å². The Bertz CT molecular complexity index is 1560. The molecular weight excluding hydrogens is 620 g/mol. The summed E-state index contributed by atoms with van der Waals surface area (Å²) in [5.41, 5.74) is 3.47. The van der Waals surface area contributed by atoms with Gasteiger partial charge in [-0.3, -0.25) is 14.4 Å². The molecule has 10 nitrogen and oxygen atoms in total. The van der Waals surface area contributed by atoms with Crippen LogP contribution in [0.1, 0.15) is 63.3 Å². The molecule has 1 aliphatic rings. The molecule has 10 heteroatoms. The van der Waals surface area contributed by atoms with Crippen molar-refractivity contribution >= 4 is 23.8 Å². The fraction of sp³-hybridized carbons (Fsp3) is 0.436. The number of hydrogen-bond acceptors (Lipinski definition) is 6. The van der Waals surface area contributed by atoms with E-state index in [0.717, 1.165) is 22.3 Å². The monoisotopic (exact) mass is 670 g/mol. The highest BCUT2D eigenvalue weighted by atomic mass is 16.5. The number of aliphatic hydroxyl groups excluding tert-OH is 1. The highest BCUT2D eigenvalue weighted by molar-refractivity contribution is 5.89. The number of nitrogens with zero attached hydrogens (tertiary/aromatic N) is 1. The molecule has 0 bridgehead atoms. The van der Waals surface area contributed by atoms with E-state index in [1.165, 1.54) is 4.90 Å². The molecule has 1 heterocycles. The summed E-state index contributed by atoms with van der Waals surface area (Å²) in [6, 6.07) is 23.7. The average Bonchev–Trinajstić information content (AvgIpc) is 3.08. The van der Waals surface area contributed by atoms with Crippen LogP contribution in [0.4, 0.5) is 4.79 Å². The van der Waals surface area contributed by atoms with Gasteiger partial charge >= 0.3 is 6.09 Å². The van der Waals surface area contributed by atoms with E-state index in [2.05, 4.69) is 16.0 Å². The lowest BCUT2D eigenvalue weighted by molar-refractivity contribution is -0.144. The van der Waals surface area contributed by atoms with Crippen molar-refractivity contribution in [1.82, 2.24) is 20.9 Å². The fourth-order valence-corrected chi connectivity index (χ4v) is 5.78. The molecule has 1 aliphatic heterocycles. The largest absolute Gasteiger partial charge is 0.445 e. The minimum absolute atomic E-state index is 0.0484. The maximum atomic E-state index is 14.0. The number of benzene rings is 3. The molecule has 0 fully saturated rings. The molecule has 0 aromatic heterocycles. The number of amides is 4. The number of carbonyl (C=O) groups excluding carboxylic acids is 4. The van der Waals surface area contributed by atoms with Crippen molar-refractivity contribution in [2.24, 2.45) is 11.3 Å². The summed E-state index contributed by atoms with van der Waals surface area (Å²) in [5.74, 6) is -1.45. The van der Waals surface area contributed by atoms with E-state index in [0.29, 0.717) is 13.0 Å². The Morgan fingerprint density at radius 2 is 1.45 bits per heavy atom. The first-order chi connectivity index (χ1) is 23.3. The molecule has 3 aromatic carbocycles. The molecule has 4 atom stereocenters. The Kier molecular flexibility index (Phi) is 13.0. The second-order valence-electron chi connectivity index (χ2n) is 14.3. The lowest BCUT2D eigenvalue weighted by atomic mass is 9.91. The lowest BCUT2D eigenvalue weighted by Crippen LogP contribution is -2.57. The van der Waals surface area contributed by atoms with Gasteiger partial charge in [0.1, 0.15) is 18.7 Å². The van der Waals surface area contributed by atoms with Crippen LogP contribution in [0.2, 0.25) is 0 Å². The zero-order valence-corrected chi connectivity index (χ0v) is 29.1. The first-order valence-corrected chi connectivity index (χ1v) is 16.9. The van der Waals surface area contributed by atoms with Crippen molar-refractivity contribution in [3.8, 4) is 0 Å². The molecule has 0 spiro atoms. The summed E-state index contributed by atoms with van der Waals surface area (Å²) in [5, 5.41) is 20.2. The molecule has 4 amide bonds. The number of rotatable bonds is 13. The second kappa shape index (κ2) is 17.1. The SMILES string of the molecule is CC(C)[C@H](NC(=O)OCc1ccccc1)C(=O)N[C@@H](Cc1ccccc1)[C@@H](O)CC(=O)N1Cc2ccccc2C[C@@H]1C(=O)NCC(C)(C)C. The second-order valence-corrected chi connectivity index (χ2v) is 14.3. The summed E-state index contributed by atoms with van der Waals surface area (Å²) >= 11 is 0. The molecular formula is C39H50N4O6. The maximum Gasteiger partial charge on any atom is 0.408 e. The molecule has 0 radical (unpaired) electrons. The average molecular weight is 671 g/mol. The lowest BCUT2D eigenvalue weighted by Gasteiger charge is -2.37. The minimum atomic E-state index is -1.29. The number of fused-ring (bicyclic) bond motifs is 1. The molecule has 0 aliphatic carbocycles. The number of nitrogens with one attached hydrogen (secondary N) is 3. The summed E-state index contributed by atoms with van der Waals surface area (Å²) in [4.78, 5) is 55.3. The molecule has 3 aromatic rings. The third-order valence-corrected chi connectivity index (χ3v) is 8.57. The molecule has 4 N–H and O–H groups in total. The minimum Gasteiger partial charge on any atom is -0.445 e. The third kappa shape index (κ3) is 11.2. The predicted molar refractivity (Wildman–Crippen MR) is 188 cm³/mol. The van der Waals surface area contributed by atoms with E-state index in [-0.39, 0.29) is 43.2 Å². The van der Waals surface area contributed by atoms with E-state index in [9.17, 15) is 24.3 Å². The van der Waals surface area contributed by atoms with Crippen LogP contribution in [-0.4, -0.2) is 64.6 Å².